The second-order valence-corrected chi connectivity index (χ2v) is 7.91. The van der Waals surface area contributed by atoms with Gasteiger partial charge in [-0.1, -0.05) is 12.2 Å². The van der Waals surface area contributed by atoms with Crippen molar-refractivity contribution in [1.29, 1.82) is 0 Å². The first-order chi connectivity index (χ1) is 15.1. The van der Waals surface area contributed by atoms with E-state index in [0.717, 1.165) is 65.6 Å². The summed E-state index contributed by atoms with van der Waals surface area (Å²) in [6.45, 7) is 5.54. The highest BCUT2D eigenvalue weighted by Gasteiger charge is 2.22. The number of aliphatic hydroxyl groups excluding tert-OH is 1. The molecule has 0 unspecified atom stereocenters. The molecule has 3 aliphatic rings. The minimum atomic E-state index is -0.115. The van der Waals surface area contributed by atoms with Gasteiger partial charge in [0.1, 0.15) is 5.65 Å². The summed E-state index contributed by atoms with van der Waals surface area (Å²) >= 11 is 0. The Hall–Kier alpha value is -3.42. The number of aromatic nitrogens is 2. The predicted molar refractivity (Wildman–Crippen MR) is 120 cm³/mol. The molecule has 5 heterocycles. The Morgan fingerprint density at radius 2 is 1.94 bits per heavy atom. The van der Waals surface area contributed by atoms with Gasteiger partial charge in [-0.15, -0.1) is 0 Å². The number of carbonyl (C=O) groups is 1. The Bertz CT molecular complexity index is 1190. The van der Waals surface area contributed by atoms with Crippen LogP contribution in [0.3, 0.4) is 0 Å². The van der Waals surface area contributed by atoms with Crippen molar-refractivity contribution >= 4 is 17.1 Å². The zero-order valence-electron chi connectivity index (χ0n) is 17.5. The van der Waals surface area contributed by atoms with Crippen molar-refractivity contribution in [3.63, 3.8) is 0 Å². The van der Waals surface area contributed by atoms with E-state index in [-0.39, 0.29) is 12.5 Å². The Morgan fingerprint density at radius 3 is 2.74 bits per heavy atom. The molecule has 158 valence electrons. The SMILES string of the molecule is Cc1cn2cc(C3=C\C(=O)N4C=C(N5CCNCC5)C=C\C4=C/C=C/3)cc(CO)c2n1. The minimum Gasteiger partial charge on any atom is -0.392 e. The van der Waals surface area contributed by atoms with Gasteiger partial charge in [0, 0.05) is 62.1 Å². The molecule has 0 radical (unpaired) electrons. The van der Waals surface area contributed by atoms with Gasteiger partial charge in [0.25, 0.3) is 5.91 Å². The van der Waals surface area contributed by atoms with E-state index in [4.69, 9.17) is 0 Å². The van der Waals surface area contributed by atoms with Crippen molar-refractivity contribution in [3.8, 4) is 0 Å². The molecule has 7 heteroatoms. The van der Waals surface area contributed by atoms with Crippen LogP contribution in [0.2, 0.25) is 0 Å². The van der Waals surface area contributed by atoms with Crippen molar-refractivity contribution in [1.82, 2.24) is 24.5 Å². The first-order valence-corrected chi connectivity index (χ1v) is 10.5. The van der Waals surface area contributed by atoms with Crippen LogP contribution in [0.5, 0.6) is 0 Å². The highest BCUT2D eigenvalue weighted by atomic mass is 16.3. The number of fused-ring (bicyclic) bond motifs is 2. The van der Waals surface area contributed by atoms with E-state index in [0.29, 0.717) is 0 Å². The van der Waals surface area contributed by atoms with Crippen molar-refractivity contribution in [2.24, 2.45) is 0 Å². The summed E-state index contributed by atoms with van der Waals surface area (Å²) in [5.74, 6) is -0.102. The van der Waals surface area contributed by atoms with Crippen LogP contribution >= 0.6 is 0 Å². The molecule has 2 N–H and O–H groups in total. The number of rotatable bonds is 3. The molecule has 0 aromatic carbocycles. The summed E-state index contributed by atoms with van der Waals surface area (Å²) in [5.41, 5.74) is 5.87. The molecule has 0 atom stereocenters. The Morgan fingerprint density at radius 1 is 1.13 bits per heavy atom. The number of pyridine rings is 1. The minimum absolute atomic E-state index is 0.102. The maximum absolute atomic E-state index is 13.2. The van der Waals surface area contributed by atoms with Crippen LogP contribution in [0.1, 0.15) is 16.8 Å². The summed E-state index contributed by atoms with van der Waals surface area (Å²) in [5, 5.41) is 13.2. The summed E-state index contributed by atoms with van der Waals surface area (Å²) in [6.07, 6.45) is 17.3. The molecule has 7 nitrogen and oxygen atoms in total. The van der Waals surface area contributed by atoms with E-state index in [9.17, 15) is 9.90 Å². The molecule has 1 fully saturated rings. The zero-order valence-corrected chi connectivity index (χ0v) is 17.5. The second kappa shape index (κ2) is 8.02. The van der Waals surface area contributed by atoms with Gasteiger partial charge < -0.3 is 19.7 Å². The summed E-state index contributed by atoms with van der Waals surface area (Å²) < 4.78 is 1.90. The molecule has 0 spiro atoms. The quantitative estimate of drug-likeness (QED) is 0.804. The third-order valence-corrected chi connectivity index (χ3v) is 5.76. The lowest BCUT2D eigenvalue weighted by Gasteiger charge is -2.33. The first-order valence-electron chi connectivity index (χ1n) is 10.5. The summed E-state index contributed by atoms with van der Waals surface area (Å²) in [7, 11) is 0. The molecule has 2 aromatic heterocycles. The van der Waals surface area contributed by atoms with Gasteiger partial charge >= 0.3 is 0 Å². The number of aryl methyl sites for hydroxylation is 1. The van der Waals surface area contributed by atoms with Gasteiger partial charge in [0.15, 0.2) is 0 Å². The average Bonchev–Trinajstić information content (AvgIpc) is 3.17. The van der Waals surface area contributed by atoms with Crippen LogP contribution in [-0.2, 0) is 11.4 Å². The number of hydrogen-bond donors (Lipinski definition) is 2. The lowest BCUT2D eigenvalue weighted by molar-refractivity contribution is -0.122. The fraction of sp³-hybridized carbons (Fsp3) is 0.250. The van der Waals surface area contributed by atoms with Gasteiger partial charge in [-0.05, 0) is 42.4 Å². The molecule has 2 aromatic rings. The highest BCUT2D eigenvalue weighted by Crippen LogP contribution is 2.26. The molecule has 0 bridgehead atoms. The second-order valence-electron chi connectivity index (χ2n) is 7.91. The molecule has 0 saturated carbocycles. The number of allylic oxidation sites excluding steroid dienone is 6. The highest BCUT2D eigenvalue weighted by molar-refractivity contribution is 6.00. The summed E-state index contributed by atoms with van der Waals surface area (Å²) in [4.78, 5) is 21.7. The molecular formula is C24H25N5O2. The fourth-order valence-electron chi connectivity index (χ4n) is 4.18. The Labute approximate surface area is 181 Å². The molecule has 1 saturated heterocycles. The number of nitrogens with one attached hydrogen (secondary N) is 1. The van der Waals surface area contributed by atoms with Gasteiger partial charge in [-0.3, -0.25) is 9.69 Å². The number of nitrogens with zero attached hydrogens (tertiary/aromatic N) is 4. The van der Waals surface area contributed by atoms with E-state index in [1.165, 1.54) is 0 Å². The number of hydrogen-bond acceptors (Lipinski definition) is 5. The monoisotopic (exact) mass is 415 g/mol. The normalized spacial score (nSPS) is 23.4. The Kier molecular flexibility index (Phi) is 5.05. The van der Waals surface area contributed by atoms with E-state index < -0.39 is 0 Å². The molecular weight excluding hydrogens is 390 g/mol. The predicted octanol–water partition coefficient (Wildman–Crippen LogP) is 2.12. The van der Waals surface area contributed by atoms with E-state index in [2.05, 4.69) is 21.3 Å². The number of aliphatic hydroxyl groups is 1. The summed E-state index contributed by atoms with van der Waals surface area (Å²) in [6, 6.07) is 1.90. The largest absolute Gasteiger partial charge is 0.392 e. The third kappa shape index (κ3) is 3.73. The van der Waals surface area contributed by atoms with Crippen LogP contribution in [0.25, 0.3) is 11.2 Å². The van der Waals surface area contributed by atoms with Crippen molar-refractivity contribution in [3.05, 3.63) is 89.3 Å². The van der Waals surface area contributed by atoms with E-state index >= 15 is 0 Å². The van der Waals surface area contributed by atoms with Crippen LogP contribution < -0.4 is 5.32 Å². The maximum atomic E-state index is 13.2. The van der Waals surface area contributed by atoms with E-state index in [1.807, 2.05) is 60.3 Å². The lowest BCUT2D eigenvalue weighted by Crippen LogP contribution is -2.43. The lowest BCUT2D eigenvalue weighted by atomic mass is 10.0. The van der Waals surface area contributed by atoms with Crippen LogP contribution in [0.15, 0.2) is 72.5 Å². The van der Waals surface area contributed by atoms with Crippen LogP contribution in [0, 0.1) is 6.92 Å². The first kappa shape index (κ1) is 19.5. The maximum Gasteiger partial charge on any atom is 0.255 e. The smallest absolute Gasteiger partial charge is 0.255 e. The van der Waals surface area contributed by atoms with Crippen LogP contribution in [0.4, 0.5) is 0 Å². The fourth-order valence-corrected chi connectivity index (χ4v) is 4.18. The molecule has 1 amide bonds. The van der Waals surface area contributed by atoms with Gasteiger partial charge in [0.2, 0.25) is 0 Å². The van der Waals surface area contributed by atoms with Crippen molar-refractivity contribution in [2.45, 2.75) is 13.5 Å². The van der Waals surface area contributed by atoms with Crippen molar-refractivity contribution < 1.29 is 9.90 Å². The number of amides is 1. The molecule has 31 heavy (non-hydrogen) atoms. The van der Waals surface area contributed by atoms with Crippen molar-refractivity contribution in [2.75, 3.05) is 26.2 Å². The third-order valence-electron chi connectivity index (χ3n) is 5.76. The topological polar surface area (TPSA) is 73.1 Å². The molecule has 5 rings (SSSR count). The molecule has 3 aliphatic heterocycles. The standard InChI is InChI=1S/C24H25N5O2/c1-17-13-28-14-19(11-20(16-30)24(28)26-17)18-3-2-4-21-5-6-22(15-29(21)23(31)12-18)27-9-7-25-8-10-27/h2-6,11-15,25,30H,7-10,16H2,1H3/b3-2+,18-12+,21-4+. The van der Waals surface area contributed by atoms with Gasteiger partial charge in [-0.2, -0.15) is 0 Å². The Balaban J connectivity index is 1.52. The zero-order chi connectivity index (χ0) is 21.4. The average molecular weight is 415 g/mol. The van der Waals surface area contributed by atoms with E-state index in [1.54, 1.807) is 11.0 Å². The number of carbonyl (C=O) groups excluding carboxylic acids is 1. The van der Waals surface area contributed by atoms with Crippen LogP contribution in [-0.4, -0.2) is 56.4 Å². The van der Waals surface area contributed by atoms with Gasteiger partial charge in [-0.25, -0.2) is 4.98 Å². The van der Waals surface area contributed by atoms with Gasteiger partial charge in [0.05, 0.1) is 18.0 Å². The number of imidazole rings is 1. The molecule has 0 aliphatic carbocycles. The number of piperazine rings is 1.